The van der Waals surface area contributed by atoms with Gasteiger partial charge in [0.15, 0.2) is 6.61 Å². The van der Waals surface area contributed by atoms with Gasteiger partial charge in [0.2, 0.25) is 5.78 Å². The minimum atomic E-state index is -0.866. The summed E-state index contributed by atoms with van der Waals surface area (Å²) in [6.07, 6.45) is 2.53. The van der Waals surface area contributed by atoms with Gasteiger partial charge in [0.1, 0.15) is 11.4 Å². The summed E-state index contributed by atoms with van der Waals surface area (Å²) in [5.74, 6) is -1.94. The summed E-state index contributed by atoms with van der Waals surface area (Å²) in [7, 11) is 1.24. The van der Waals surface area contributed by atoms with Crippen LogP contribution in [0, 0.1) is 0 Å². The zero-order chi connectivity index (χ0) is 24.1. The van der Waals surface area contributed by atoms with Gasteiger partial charge in [0.25, 0.3) is 5.56 Å². The second kappa shape index (κ2) is 10.3. The van der Waals surface area contributed by atoms with Crippen LogP contribution in [-0.2, 0) is 23.1 Å². The van der Waals surface area contributed by atoms with Crippen LogP contribution in [-0.4, -0.2) is 27.5 Å². The Morgan fingerprint density at radius 2 is 1.76 bits per heavy atom. The van der Waals surface area contributed by atoms with Crippen LogP contribution in [0.2, 0.25) is 10.0 Å². The van der Waals surface area contributed by atoms with Gasteiger partial charge < -0.3 is 10.5 Å². The highest BCUT2D eigenvalue weighted by atomic mass is 35.5. The van der Waals surface area contributed by atoms with E-state index < -0.39 is 35.2 Å². The van der Waals surface area contributed by atoms with E-state index in [1.54, 1.807) is 42.5 Å². The zero-order valence-electron chi connectivity index (χ0n) is 17.5. The number of nitrogen functional groups attached to an aromatic ring is 1. The predicted octanol–water partition coefficient (Wildman–Crippen LogP) is 2.92. The van der Waals surface area contributed by atoms with E-state index in [0.29, 0.717) is 15.6 Å². The molecule has 0 amide bonds. The summed E-state index contributed by atoms with van der Waals surface area (Å²) >= 11 is 11.8. The Morgan fingerprint density at radius 3 is 2.42 bits per heavy atom. The Kier molecular flexibility index (Phi) is 7.52. The summed E-state index contributed by atoms with van der Waals surface area (Å²) in [4.78, 5) is 49.8. The molecule has 0 fully saturated rings. The van der Waals surface area contributed by atoms with Crippen LogP contribution in [0.15, 0.2) is 64.2 Å². The molecule has 33 heavy (non-hydrogen) atoms. The summed E-state index contributed by atoms with van der Waals surface area (Å²) in [5, 5.41) is 0.689. The first-order valence-corrected chi connectivity index (χ1v) is 10.4. The summed E-state index contributed by atoms with van der Waals surface area (Å²) < 4.78 is 6.86. The predicted molar refractivity (Wildman–Crippen MR) is 127 cm³/mol. The lowest BCUT2D eigenvalue weighted by molar-refractivity contribution is -0.136. The van der Waals surface area contributed by atoms with Crippen molar-refractivity contribution in [1.29, 1.82) is 0 Å². The van der Waals surface area contributed by atoms with Crippen LogP contribution in [0.4, 0.5) is 5.82 Å². The highest BCUT2D eigenvalue weighted by molar-refractivity contribution is 6.42. The van der Waals surface area contributed by atoms with Gasteiger partial charge in [-0.3, -0.25) is 18.7 Å². The first-order chi connectivity index (χ1) is 15.7. The molecule has 1 aromatic heterocycles. The smallest absolute Gasteiger partial charge is 0.332 e. The molecule has 0 aliphatic rings. The number of aromatic nitrogens is 2. The molecule has 3 aromatic rings. The van der Waals surface area contributed by atoms with Crippen molar-refractivity contribution in [2.24, 2.45) is 7.05 Å². The number of carbonyl (C=O) groups excluding carboxylic acids is 2. The summed E-state index contributed by atoms with van der Waals surface area (Å²) in [6, 6.07) is 13.7. The molecule has 0 saturated carbocycles. The molecule has 0 spiro atoms. The van der Waals surface area contributed by atoms with Crippen LogP contribution >= 0.6 is 23.2 Å². The number of anilines is 1. The van der Waals surface area contributed by atoms with Gasteiger partial charge in [-0.25, -0.2) is 9.59 Å². The van der Waals surface area contributed by atoms with Crippen molar-refractivity contribution in [3.8, 4) is 0 Å². The highest BCUT2D eigenvalue weighted by Gasteiger charge is 2.22. The lowest BCUT2D eigenvalue weighted by atomic mass is 10.2. The van der Waals surface area contributed by atoms with Crippen molar-refractivity contribution in [2.45, 2.75) is 6.54 Å². The van der Waals surface area contributed by atoms with Gasteiger partial charge in [-0.1, -0.05) is 59.6 Å². The van der Waals surface area contributed by atoms with E-state index in [1.807, 2.05) is 6.07 Å². The molecule has 0 atom stereocenters. The first-order valence-electron chi connectivity index (χ1n) is 9.65. The lowest BCUT2D eigenvalue weighted by Gasteiger charge is -2.14. The van der Waals surface area contributed by atoms with Crippen LogP contribution in [0.3, 0.4) is 0 Å². The van der Waals surface area contributed by atoms with Gasteiger partial charge >= 0.3 is 11.7 Å². The summed E-state index contributed by atoms with van der Waals surface area (Å²) in [6.45, 7) is -0.667. The molecule has 0 aliphatic heterocycles. The number of nitrogens with zero attached hydrogens (tertiary/aromatic N) is 2. The van der Waals surface area contributed by atoms with Gasteiger partial charge in [-0.15, -0.1) is 0 Å². The molecule has 0 aliphatic carbocycles. The quantitative estimate of drug-likeness (QED) is 0.311. The number of hydrogen-bond donors (Lipinski definition) is 1. The molecule has 0 radical (unpaired) electrons. The maximum atomic E-state index is 12.7. The van der Waals surface area contributed by atoms with Crippen molar-refractivity contribution in [3.63, 3.8) is 0 Å². The Hall–Kier alpha value is -3.62. The van der Waals surface area contributed by atoms with E-state index >= 15 is 0 Å². The van der Waals surface area contributed by atoms with E-state index in [9.17, 15) is 19.2 Å². The monoisotopic (exact) mass is 487 g/mol. The fraction of sp³-hybridized carbons (Fsp3) is 0.130. The minimum absolute atomic E-state index is 0.0616. The third-order valence-corrected chi connectivity index (χ3v) is 5.49. The molecular weight excluding hydrogens is 469 g/mol. The third kappa shape index (κ3) is 5.60. The second-order valence-electron chi connectivity index (χ2n) is 7.02. The van der Waals surface area contributed by atoms with E-state index in [4.69, 9.17) is 33.7 Å². The normalized spacial score (nSPS) is 11.0. The van der Waals surface area contributed by atoms with E-state index in [-0.39, 0.29) is 12.4 Å². The van der Waals surface area contributed by atoms with Crippen molar-refractivity contribution in [3.05, 3.63) is 102 Å². The van der Waals surface area contributed by atoms with Gasteiger partial charge in [0.05, 0.1) is 16.6 Å². The van der Waals surface area contributed by atoms with Gasteiger partial charge in [-0.05, 0) is 29.3 Å². The standard InChI is InChI=1S/C23H19Cl2N3O5/c1-27-22(31)20(21(26)28(23(27)32)12-15-5-3-2-4-6-15)18(29)13-33-19(30)10-8-14-7-9-16(24)17(25)11-14/h2-11H,12-13,26H2,1H3. The Morgan fingerprint density at radius 1 is 1.06 bits per heavy atom. The third-order valence-electron chi connectivity index (χ3n) is 4.75. The highest BCUT2D eigenvalue weighted by Crippen LogP contribution is 2.23. The number of carbonyl (C=O) groups is 2. The number of halogens is 2. The first kappa shape index (κ1) is 24.0. The van der Waals surface area contributed by atoms with Crippen molar-refractivity contribution in [2.75, 3.05) is 12.3 Å². The number of ether oxygens (including phenoxy) is 1. The number of esters is 1. The number of hydrogen-bond acceptors (Lipinski definition) is 6. The molecular formula is C23H19Cl2N3O5. The molecule has 0 unspecified atom stereocenters. The Bertz CT molecular complexity index is 1360. The molecule has 3 rings (SSSR count). The maximum Gasteiger partial charge on any atom is 0.332 e. The van der Waals surface area contributed by atoms with Crippen LogP contribution in [0.25, 0.3) is 6.08 Å². The van der Waals surface area contributed by atoms with Crippen molar-refractivity contribution < 1.29 is 14.3 Å². The molecule has 8 nitrogen and oxygen atoms in total. The number of Topliss-reactive ketones (excluding diaryl/α,β-unsaturated/α-hetero) is 1. The van der Waals surface area contributed by atoms with Crippen molar-refractivity contribution >= 4 is 46.8 Å². The lowest BCUT2D eigenvalue weighted by Crippen LogP contribution is -2.43. The molecule has 170 valence electrons. The number of ketones is 1. The molecule has 1 heterocycles. The molecule has 2 aromatic carbocycles. The molecule has 10 heteroatoms. The van der Waals surface area contributed by atoms with Crippen LogP contribution in [0.5, 0.6) is 0 Å². The second-order valence-corrected chi connectivity index (χ2v) is 7.83. The van der Waals surface area contributed by atoms with E-state index in [0.717, 1.165) is 20.8 Å². The maximum absolute atomic E-state index is 12.7. The molecule has 0 saturated heterocycles. The van der Waals surface area contributed by atoms with Gasteiger partial charge in [-0.2, -0.15) is 0 Å². The SMILES string of the molecule is Cn1c(=O)c(C(=O)COC(=O)C=Cc2ccc(Cl)c(Cl)c2)c(N)n(Cc2ccccc2)c1=O. The van der Waals surface area contributed by atoms with Crippen LogP contribution in [0.1, 0.15) is 21.5 Å². The molecule has 2 N–H and O–H groups in total. The topological polar surface area (TPSA) is 113 Å². The minimum Gasteiger partial charge on any atom is -0.454 e. The van der Waals surface area contributed by atoms with Crippen LogP contribution < -0.4 is 17.0 Å². The zero-order valence-corrected chi connectivity index (χ0v) is 19.0. The largest absolute Gasteiger partial charge is 0.454 e. The number of nitrogens with two attached hydrogens (primary N) is 1. The van der Waals surface area contributed by atoms with Crippen molar-refractivity contribution in [1.82, 2.24) is 9.13 Å². The van der Waals surface area contributed by atoms with E-state index in [1.165, 1.54) is 13.1 Å². The fourth-order valence-electron chi connectivity index (χ4n) is 3.00. The number of benzene rings is 2. The van der Waals surface area contributed by atoms with E-state index in [2.05, 4.69) is 0 Å². The van der Waals surface area contributed by atoms with Gasteiger partial charge in [0, 0.05) is 13.1 Å². The summed E-state index contributed by atoms with van der Waals surface area (Å²) in [5.41, 5.74) is 5.41. The fourth-order valence-corrected chi connectivity index (χ4v) is 3.31. The molecule has 0 bridgehead atoms. The number of rotatable bonds is 7. The Labute approximate surface area is 198 Å². The Balaban J connectivity index is 1.78. The average molecular weight is 488 g/mol. The average Bonchev–Trinajstić information content (AvgIpc) is 2.80.